The molecule has 1 atom stereocenters. The minimum absolute atomic E-state index is 0.152. The van der Waals surface area contributed by atoms with Gasteiger partial charge in [-0.1, -0.05) is 173 Å². The maximum absolute atomic E-state index is 2.49. The van der Waals surface area contributed by atoms with Gasteiger partial charge in [0, 0.05) is 45.0 Å². The molecular formula is C63H58N2. The van der Waals surface area contributed by atoms with Crippen LogP contribution in [-0.2, 0) is 10.8 Å². The van der Waals surface area contributed by atoms with Crippen LogP contribution in [0.4, 0.5) is 34.1 Å². The highest BCUT2D eigenvalue weighted by Crippen LogP contribution is 2.54. The SMILES string of the molecule is CC1(C)c2cc(N(c3ccc(C4CCCCC4)cc3)c3ccc(C4(c5ccc(N(c6ccccc6)c6ccccc6)cc5)C=CCCC4)cc3)ccc2-c2c(-c3ccccc3)cccc21. The Morgan fingerprint density at radius 3 is 1.52 bits per heavy atom. The van der Waals surface area contributed by atoms with Crippen molar-refractivity contribution in [3.63, 3.8) is 0 Å². The fourth-order valence-corrected chi connectivity index (χ4v) is 11.5. The van der Waals surface area contributed by atoms with Crippen LogP contribution in [0.2, 0.25) is 0 Å². The molecule has 1 saturated carbocycles. The lowest BCUT2D eigenvalue weighted by Gasteiger charge is -2.36. The number of hydrogen-bond donors (Lipinski definition) is 0. The van der Waals surface area contributed by atoms with E-state index in [1.165, 1.54) is 99.2 Å². The normalized spacial score (nSPS) is 17.6. The highest BCUT2D eigenvalue weighted by atomic mass is 15.1. The molecule has 0 N–H and O–H groups in total. The lowest BCUT2D eigenvalue weighted by molar-refractivity contribution is 0.443. The second-order valence-electron chi connectivity index (χ2n) is 19.1. The van der Waals surface area contributed by atoms with Gasteiger partial charge in [0.05, 0.1) is 0 Å². The van der Waals surface area contributed by atoms with Crippen molar-refractivity contribution < 1.29 is 0 Å². The second-order valence-corrected chi connectivity index (χ2v) is 19.1. The van der Waals surface area contributed by atoms with E-state index in [0.29, 0.717) is 5.92 Å². The number of benzene rings is 8. The van der Waals surface area contributed by atoms with Crippen molar-refractivity contribution in [3.8, 4) is 22.3 Å². The number of fused-ring (bicyclic) bond motifs is 3. The van der Waals surface area contributed by atoms with Crippen molar-refractivity contribution in [2.45, 2.75) is 82.0 Å². The molecule has 0 aliphatic heterocycles. The van der Waals surface area contributed by atoms with Crippen LogP contribution in [0.5, 0.6) is 0 Å². The molecule has 320 valence electrons. The summed E-state index contributed by atoms with van der Waals surface area (Å²) in [4.78, 5) is 4.84. The van der Waals surface area contributed by atoms with Crippen LogP contribution in [0, 0.1) is 0 Å². The van der Waals surface area contributed by atoms with Crippen LogP contribution in [0.15, 0.2) is 212 Å². The maximum atomic E-state index is 2.49. The topological polar surface area (TPSA) is 6.48 Å². The summed E-state index contributed by atoms with van der Waals surface area (Å²) in [7, 11) is 0. The van der Waals surface area contributed by atoms with Crippen LogP contribution in [0.3, 0.4) is 0 Å². The van der Waals surface area contributed by atoms with E-state index in [1.54, 1.807) is 0 Å². The third-order valence-electron chi connectivity index (χ3n) is 14.9. The van der Waals surface area contributed by atoms with Crippen LogP contribution >= 0.6 is 0 Å². The molecule has 0 spiro atoms. The van der Waals surface area contributed by atoms with Crippen LogP contribution in [0.25, 0.3) is 22.3 Å². The van der Waals surface area contributed by atoms with E-state index in [-0.39, 0.29) is 10.8 Å². The van der Waals surface area contributed by atoms with Gasteiger partial charge in [-0.25, -0.2) is 0 Å². The minimum Gasteiger partial charge on any atom is -0.311 e. The number of nitrogens with zero attached hydrogens (tertiary/aromatic N) is 2. The number of allylic oxidation sites excluding steroid dienone is 2. The predicted octanol–water partition coefficient (Wildman–Crippen LogP) is 17.7. The molecule has 0 bridgehead atoms. The Labute approximate surface area is 386 Å². The molecule has 0 amide bonds. The van der Waals surface area contributed by atoms with Gasteiger partial charge in [0.25, 0.3) is 0 Å². The molecule has 8 aromatic rings. The molecule has 2 heteroatoms. The van der Waals surface area contributed by atoms with E-state index in [1.807, 2.05) is 0 Å². The van der Waals surface area contributed by atoms with Crippen LogP contribution < -0.4 is 9.80 Å². The van der Waals surface area contributed by atoms with Gasteiger partial charge in [0.15, 0.2) is 0 Å². The van der Waals surface area contributed by atoms with E-state index >= 15 is 0 Å². The molecule has 2 nitrogen and oxygen atoms in total. The summed E-state index contributed by atoms with van der Waals surface area (Å²) >= 11 is 0. The largest absolute Gasteiger partial charge is 0.311 e. The van der Waals surface area contributed by atoms with Gasteiger partial charge < -0.3 is 9.80 Å². The number of para-hydroxylation sites is 2. The first-order chi connectivity index (χ1) is 32.0. The second kappa shape index (κ2) is 17.2. The van der Waals surface area contributed by atoms with Crippen molar-refractivity contribution in [1.29, 1.82) is 0 Å². The first-order valence-corrected chi connectivity index (χ1v) is 24.0. The summed E-state index contributed by atoms with van der Waals surface area (Å²) in [6.07, 6.45) is 14.9. The Morgan fingerprint density at radius 1 is 0.431 bits per heavy atom. The third-order valence-corrected chi connectivity index (χ3v) is 14.9. The summed E-state index contributed by atoms with van der Waals surface area (Å²) in [6, 6.07) is 74.8. The van der Waals surface area contributed by atoms with E-state index in [4.69, 9.17) is 0 Å². The predicted molar refractivity (Wildman–Crippen MR) is 275 cm³/mol. The highest BCUT2D eigenvalue weighted by molar-refractivity contribution is 5.94. The molecule has 1 unspecified atom stereocenters. The van der Waals surface area contributed by atoms with E-state index in [0.717, 1.165) is 36.3 Å². The average Bonchev–Trinajstić information content (AvgIpc) is 3.61. The molecule has 3 aliphatic rings. The number of rotatable bonds is 10. The number of anilines is 6. The molecule has 0 aromatic heterocycles. The molecule has 0 saturated heterocycles. The standard InChI is InChI=1S/C63H58N2/c1-62(2)59-28-18-27-57(48-21-10-4-11-22-48)61(59)58-42-41-56(45-60(58)62)65(53-35-29-47(30-36-53)46-19-8-3-9-20-46)55-39-33-50(34-40-55)63(43-16-7-17-44-63)49-31-37-54(38-32-49)64(51-23-12-5-13-24-51)52-25-14-6-15-26-52/h4-6,10-16,18,21-43,45-46H,3,7-9,17,19-20,44H2,1-2H3. The summed E-state index contributed by atoms with van der Waals surface area (Å²) in [6.45, 7) is 4.80. The van der Waals surface area contributed by atoms with Crippen molar-refractivity contribution in [3.05, 3.63) is 240 Å². The average molecular weight is 843 g/mol. The fourth-order valence-electron chi connectivity index (χ4n) is 11.5. The zero-order chi connectivity index (χ0) is 43.8. The van der Waals surface area contributed by atoms with Crippen molar-refractivity contribution in [2.24, 2.45) is 0 Å². The first kappa shape index (κ1) is 40.8. The molecular weight excluding hydrogens is 785 g/mol. The summed E-state index contributed by atoms with van der Waals surface area (Å²) in [5, 5.41) is 0. The van der Waals surface area contributed by atoms with E-state index in [2.05, 4.69) is 236 Å². The number of hydrogen-bond acceptors (Lipinski definition) is 2. The van der Waals surface area contributed by atoms with Crippen molar-refractivity contribution in [2.75, 3.05) is 9.80 Å². The minimum atomic E-state index is -0.216. The highest BCUT2D eigenvalue weighted by Gasteiger charge is 2.38. The maximum Gasteiger partial charge on any atom is 0.0465 e. The zero-order valence-corrected chi connectivity index (χ0v) is 37.8. The monoisotopic (exact) mass is 842 g/mol. The summed E-state index contributed by atoms with van der Waals surface area (Å²) in [5.74, 6) is 0.664. The third kappa shape index (κ3) is 7.49. The van der Waals surface area contributed by atoms with Crippen LogP contribution in [-0.4, -0.2) is 0 Å². The summed E-state index contributed by atoms with van der Waals surface area (Å²) in [5.41, 5.74) is 18.8. The zero-order valence-electron chi connectivity index (χ0n) is 37.8. The Balaban J connectivity index is 0.980. The van der Waals surface area contributed by atoms with Gasteiger partial charge >= 0.3 is 0 Å². The summed E-state index contributed by atoms with van der Waals surface area (Å²) < 4.78 is 0. The van der Waals surface area contributed by atoms with E-state index < -0.39 is 0 Å². The Morgan fingerprint density at radius 2 is 0.954 bits per heavy atom. The van der Waals surface area contributed by atoms with Crippen molar-refractivity contribution >= 4 is 34.1 Å². The lowest BCUT2D eigenvalue weighted by Crippen LogP contribution is -2.27. The Kier molecular flexibility index (Phi) is 10.8. The van der Waals surface area contributed by atoms with Gasteiger partial charge in [0.2, 0.25) is 0 Å². The van der Waals surface area contributed by atoms with Crippen molar-refractivity contribution in [1.82, 2.24) is 0 Å². The smallest absolute Gasteiger partial charge is 0.0465 e. The molecule has 1 fully saturated rings. The first-order valence-electron chi connectivity index (χ1n) is 24.0. The molecule has 65 heavy (non-hydrogen) atoms. The quantitative estimate of drug-likeness (QED) is 0.127. The molecule has 0 radical (unpaired) electrons. The molecule has 8 aromatic carbocycles. The van der Waals surface area contributed by atoms with E-state index in [9.17, 15) is 0 Å². The van der Waals surface area contributed by atoms with Gasteiger partial charge in [0.1, 0.15) is 0 Å². The van der Waals surface area contributed by atoms with Gasteiger partial charge in [-0.3, -0.25) is 0 Å². The van der Waals surface area contributed by atoms with Gasteiger partial charge in [-0.2, -0.15) is 0 Å². The lowest BCUT2D eigenvalue weighted by atomic mass is 9.69. The Hall–Kier alpha value is -6.90. The molecule has 3 aliphatic carbocycles. The molecule has 11 rings (SSSR count). The molecule has 0 heterocycles. The van der Waals surface area contributed by atoms with Crippen LogP contribution in [0.1, 0.15) is 98.9 Å². The van der Waals surface area contributed by atoms with Gasteiger partial charge in [-0.15, -0.1) is 0 Å². The van der Waals surface area contributed by atoms with Gasteiger partial charge in [-0.05, 0) is 161 Å². The fraction of sp³-hybridized carbons (Fsp3) is 0.206. The Bertz CT molecular complexity index is 2890.